The molecule has 0 aromatic heterocycles. The van der Waals surface area contributed by atoms with Crippen LogP contribution in [-0.4, -0.2) is 50.9 Å². The van der Waals surface area contributed by atoms with Gasteiger partial charge in [0, 0.05) is 19.0 Å². The average molecular weight is 614 g/mol. The van der Waals surface area contributed by atoms with Crippen LogP contribution in [0.15, 0.2) is 114 Å². The SMILES string of the molecule is COc1ccccc1N(CC(=O)N(Cc1ccc(C)cc1)[C@@H](Cc1ccccc1)C(=O)NC(C)C)S(=O)(=O)c1ccccc1. The van der Waals surface area contributed by atoms with Crippen LogP contribution in [-0.2, 0) is 32.6 Å². The fourth-order valence-electron chi connectivity index (χ4n) is 4.89. The molecular formula is C35H39N3O5S. The molecule has 0 aliphatic heterocycles. The number of methoxy groups -OCH3 is 1. The topological polar surface area (TPSA) is 96.0 Å². The molecule has 0 aliphatic rings. The quantitative estimate of drug-likeness (QED) is 0.219. The van der Waals surface area contributed by atoms with Crippen molar-refractivity contribution in [2.75, 3.05) is 18.0 Å². The zero-order valence-corrected chi connectivity index (χ0v) is 26.3. The molecule has 4 aromatic rings. The number of anilines is 1. The highest BCUT2D eigenvalue weighted by Gasteiger charge is 2.35. The highest BCUT2D eigenvalue weighted by molar-refractivity contribution is 7.92. The van der Waals surface area contributed by atoms with Gasteiger partial charge in [-0.25, -0.2) is 8.42 Å². The average Bonchev–Trinajstić information content (AvgIpc) is 3.02. The Morgan fingerprint density at radius 1 is 0.795 bits per heavy atom. The van der Waals surface area contributed by atoms with E-state index in [1.54, 1.807) is 42.5 Å². The molecule has 0 spiro atoms. The normalized spacial score (nSPS) is 11.9. The lowest BCUT2D eigenvalue weighted by Crippen LogP contribution is -2.54. The number of carbonyl (C=O) groups is 2. The van der Waals surface area contributed by atoms with E-state index < -0.39 is 28.5 Å². The first kappa shape index (κ1) is 32.3. The van der Waals surface area contributed by atoms with Crippen LogP contribution in [0, 0.1) is 6.92 Å². The van der Waals surface area contributed by atoms with E-state index in [1.807, 2.05) is 75.4 Å². The van der Waals surface area contributed by atoms with E-state index in [1.165, 1.54) is 24.1 Å². The van der Waals surface area contributed by atoms with Crippen LogP contribution in [0.25, 0.3) is 0 Å². The van der Waals surface area contributed by atoms with Gasteiger partial charge in [0.25, 0.3) is 10.0 Å². The summed E-state index contributed by atoms with van der Waals surface area (Å²) in [6.07, 6.45) is 0.247. The highest BCUT2D eigenvalue weighted by Crippen LogP contribution is 2.32. The Bertz CT molecular complexity index is 1640. The number of carbonyl (C=O) groups excluding carboxylic acids is 2. The molecule has 0 heterocycles. The van der Waals surface area contributed by atoms with E-state index in [2.05, 4.69) is 5.32 Å². The van der Waals surface area contributed by atoms with Crippen LogP contribution in [0.2, 0.25) is 0 Å². The molecule has 230 valence electrons. The number of benzene rings is 4. The Balaban J connectivity index is 1.82. The predicted molar refractivity (Wildman–Crippen MR) is 173 cm³/mol. The van der Waals surface area contributed by atoms with E-state index in [4.69, 9.17) is 4.74 Å². The Labute approximate surface area is 260 Å². The Hall–Kier alpha value is -4.63. The van der Waals surface area contributed by atoms with E-state index in [0.29, 0.717) is 5.75 Å². The van der Waals surface area contributed by atoms with Gasteiger partial charge < -0.3 is 15.0 Å². The third-order valence-corrected chi connectivity index (χ3v) is 8.91. The Morgan fingerprint density at radius 3 is 2.00 bits per heavy atom. The van der Waals surface area contributed by atoms with E-state index in [0.717, 1.165) is 21.0 Å². The molecule has 8 nitrogen and oxygen atoms in total. The van der Waals surface area contributed by atoms with Gasteiger partial charge in [0.1, 0.15) is 18.3 Å². The zero-order valence-electron chi connectivity index (χ0n) is 25.5. The highest BCUT2D eigenvalue weighted by atomic mass is 32.2. The molecule has 4 aromatic carbocycles. The maximum Gasteiger partial charge on any atom is 0.264 e. The van der Waals surface area contributed by atoms with E-state index in [-0.39, 0.29) is 35.5 Å². The maximum absolute atomic E-state index is 14.5. The maximum atomic E-state index is 14.5. The summed E-state index contributed by atoms with van der Waals surface area (Å²) >= 11 is 0. The third kappa shape index (κ3) is 8.05. The van der Waals surface area contributed by atoms with Crippen molar-refractivity contribution in [2.45, 2.75) is 50.7 Å². The van der Waals surface area contributed by atoms with Gasteiger partial charge in [-0.2, -0.15) is 0 Å². The lowest BCUT2D eigenvalue weighted by molar-refractivity contribution is -0.140. The van der Waals surface area contributed by atoms with Crippen LogP contribution < -0.4 is 14.4 Å². The number of hydrogen-bond acceptors (Lipinski definition) is 5. The number of nitrogens with one attached hydrogen (secondary N) is 1. The Morgan fingerprint density at radius 2 is 1.39 bits per heavy atom. The molecule has 1 N–H and O–H groups in total. The van der Waals surface area contributed by atoms with Crippen LogP contribution in [0.5, 0.6) is 5.75 Å². The third-order valence-electron chi connectivity index (χ3n) is 7.14. The fraction of sp³-hybridized carbons (Fsp3) is 0.257. The molecule has 0 bridgehead atoms. The van der Waals surface area contributed by atoms with Crippen LogP contribution in [0.1, 0.15) is 30.5 Å². The summed E-state index contributed by atoms with van der Waals surface area (Å²) in [4.78, 5) is 29.8. The Kier molecular flexibility index (Phi) is 10.8. The molecule has 0 saturated heterocycles. The van der Waals surface area contributed by atoms with Gasteiger partial charge in [0.05, 0.1) is 17.7 Å². The molecule has 0 saturated carbocycles. The number of para-hydroxylation sites is 2. The number of nitrogens with zero attached hydrogens (tertiary/aromatic N) is 2. The second kappa shape index (κ2) is 14.7. The molecular weight excluding hydrogens is 574 g/mol. The van der Waals surface area contributed by atoms with Crippen molar-refractivity contribution >= 4 is 27.5 Å². The molecule has 2 amide bonds. The molecule has 0 unspecified atom stereocenters. The first-order valence-corrected chi connectivity index (χ1v) is 15.9. The number of rotatable bonds is 13. The number of amides is 2. The van der Waals surface area contributed by atoms with Crippen molar-refractivity contribution in [1.29, 1.82) is 0 Å². The van der Waals surface area contributed by atoms with Crippen molar-refractivity contribution in [2.24, 2.45) is 0 Å². The molecule has 0 aliphatic carbocycles. The van der Waals surface area contributed by atoms with Crippen LogP contribution >= 0.6 is 0 Å². The summed E-state index contributed by atoms with van der Waals surface area (Å²) in [7, 11) is -2.76. The summed E-state index contributed by atoms with van der Waals surface area (Å²) in [6, 6.07) is 30.7. The molecule has 44 heavy (non-hydrogen) atoms. The van der Waals surface area contributed by atoms with Gasteiger partial charge in [0.2, 0.25) is 11.8 Å². The molecule has 0 fully saturated rings. The predicted octanol–water partition coefficient (Wildman–Crippen LogP) is 5.36. The number of aryl methyl sites for hydroxylation is 1. The standard InChI is InChI=1S/C35H39N3O5S/c1-26(2)36-35(40)32(23-28-13-7-5-8-14-28)37(24-29-21-19-27(3)20-22-29)34(39)25-38(31-17-11-12-18-33(31)43-4)44(41,42)30-15-9-6-10-16-30/h5-22,26,32H,23-25H2,1-4H3,(H,36,40)/t32-/m0/s1. The summed E-state index contributed by atoms with van der Waals surface area (Å²) < 4.78 is 34.8. The second-order valence-electron chi connectivity index (χ2n) is 10.9. The van der Waals surface area contributed by atoms with Gasteiger partial charge in [0.15, 0.2) is 0 Å². The summed E-state index contributed by atoms with van der Waals surface area (Å²) in [5, 5.41) is 2.97. The first-order chi connectivity index (χ1) is 21.1. The molecule has 4 rings (SSSR count). The van der Waals surface area contributed by atoms with Crippen LogP contribution in [0.3, 0.4) is 0 Å². The first-order valence-electron chi connectivity index (χ1n) is 14.5. The smallest absolute Gasteiger partial charge is 0.264 e. The number of hydrogen-bond donors (Lipinski definition) is 1. The number of sulfonamides is 1. The second-order valence-corrected chi connectivity index (χ2v) is 12.7. The van der Waals surface area contributed by atoms with Crippen molar-refractivity contribution in [1.82, 2.24) is 10.2 Å². The minimum atomic E-state index is -4.21. The van der Waals surface area contributed by atoms with Gasteiger partial charge in [-0.05, 0) is 56.2 Å². The van der Waals surface area contributed by atoms with Gasteiger partial charge in [-0.15, -0.1) is 0 Å². The minimum absolute atomic E-state index is 0.0298. The van der Waals surface area contributed by atoms with Gasteiger partial charge in [-0.1, -0.05) is 90.5 Å². The fourth-order valence-corrected chi connectivity index (χ4v) is 6.34. The zero-order chi connectivity index (χ0) is 31.7. The molecule has 0 radical (unpaired) electrons. The molecule has 1 atom stereocenters. The van der Waals surface area contributed by atoms with E-state index >= 15 is 0 Å². The monoisotopic (exact) mass is 613 g/mol. The molecule has 9 heteroatoms. The lowest BCUT2D eigenvalue weighted by Gasteiger charge is -2.34. The van der Waals surface area contributed by atoms with Gasteiger partial charge in [-0.3, -0.25) is 13.9 Å². The van der Waals surface area contributed by atoms with Crippen molar-refractivity contribution in [3.63, 3.8) is 0 Å². The van der Waals surface area contributed by atoms with Crippen LogP contribution in [0.4, 0.5) is 5.69 Å². The lowest BCUT2D eigenvalue weighted by atomic mass is 10.0. The van der Waals surface area contributed by atoms with Crippen molar-refractivity contribution in [3.05, 3.63) is 126 Å². The van der Waals surface area contributed by atoms with Crippen molar-refractivity contribution in [3.8, 4) is 5.75 Å². The van der Waals surface area contributed by atoms with Crippen molar-refractivity contribution < 1.29 is 22.7 Å². The van der Waals surface area contributed by atoms with E-state index in [9.17, 15) is 18.0 Å². The minimum Gasteiger partial charge on any atom is -0.495 e. The summed E-state index contributed by atoms with van der Waals surface area (Å²) in [5.41, 5.74) is 2.96. The largest absolute Gasteiger partial charge is 0.495 e. The number of ether oxygens (including phenoxy) is 1. The van der Waals surface area contributed by atoms with Gasteiger partial charge >= 0.3 is 0 Å². The summed E-state index contributed by atoms with van der Waals surface area (Å²) in [6.45, 7) is 5.25. The summed E-state index contributed by atoms with van der Waals surface area (Å²) in [5.74, 6) is -0.557.